The number of hydrogen-bond donors (Lipinski definition) is 0. The van der Waals surface area contributed by atoms with Gasteiger partial charge in [0.25, 0.3) is 5.91 Å². The van der Waals surface area contributed by atoms with E-state index in [2.05, 4.69) is 9.88 Å². The smallest absolute Gasteiger partial charge is 0.266 e. The van der Waals surface area contributed by atoms with Crippen LogP contribution in [-0.2, 0) is 4.74 Å². The maximum atomic E-state index is 13.1. The first kappa shape index (κ1) is 15.8. The molecule has 1 aliphatic carbocycles. The van der Waals surface area contributed by atoms with Crippen molar-refractivity contribution in [1.82, 2.24) is 9.88 Å². The van der Waals surface area contributed by atoms with Gasteiger partial charge in [0.15, 0.2) is 0 Å². The van der Waals surface area contributed by atoms with E-state index in [0.717, 1.165) is 60.2 Å². The molecule has 4 nitrogen and oxygen atoms in total. The van der Waals surface area contributed by atoms with Gasteiger partial charge in [0, 0.05) is 30.7 Å². The molecule has 1 saturated carbocycles. The molecule has 2 fully saturated rings. The molecule has 24 heavy (non-hydrogen) atoms. The zero-order valence-electron chi connectivity index (χ0n) is 13.9. The van der Waals surface area contributed by atoms with Crippen LogP contribution in [0.15, 0.2) is 30.3 Å². The Balaban J connectivity index is 1.57. The normalized spacial score (nSPS) is 20.3. The van der Waals surface area contributed by atoms with E-state index in [1.807, 2.05) is 37.3 Å². The minimum absolute atomic E-state index is 0.154. The molecular formula is C19H22N2O2S. The van der Waals surface area contributed by atoms with Crippen molar-refractivity contribution in [3.8, 4) is 10.6 Å². The van der Waals surface area contributed by atoms with Gasteiger partial charge in [-0.05, 0) is 26.2 Å². The van der Waals surface area contributed by atoms with Gasteiger partial charge in [0.05, 0.1) is 12.3 Å². The molecule has 5 heteroatoms. The monoisotopic (exact) mass is 342 g/mol. The van der Waals surface area contributed by atoms with Crippen LogP contribution in [-0.4, -0.2) is 41.6 Å². The second-order valence-electron chi connectivity index (χ2n) is 6.72. The molecule has 1 amide bonds. The van der Waals surface area contributed by atoms with E-state index in [1.54, 1.807) is 0 Å². The van der Waals surface area contributed by atoms with Gasteiger partial charge < -0.3 is 9.64 Å². The molecule has 1 aromatic carbocycles. The quantitative estimate of drug-likeness (QED) is 0.831. The third-order valence-electron chi connectivity index (χ3n) is 4.74. The summed E-state index contributed by atoms with van der Waals surface area (Å²) in [5, 5.41) is 0.927. The average Bonchev–Trinajstić information content (AvgIpc) is 3.17. The van der Waals surface area contributed by atoms with Crippen LogP contribution in [0.25, 0.3) is 10.6 Å². The highest BCUT2D eigenvalue weighted by molar-refractivity contribution is 7.17. The van der Waals surface area contributed by atoms with Gasteiger partial charge in [-0.3, -0.25) is 4.79 Å². The molecular weight excluding hydrogens is 320 g/mol. The number of aryl methyl sites for hydroxylation is 1. The van der Waals surface area contributed by atoms with Gasteiger partial charge in [-0.15, -0.1) is 11.3 Å². The number of ether oxygens (including phenoxy) is 1. The Hall–Kier alpha value is -1.72. The van der Waals surface area contributed by atoms with E-state index in [-0.39, 0.29) is 5.91 Å². The van der Waals surface area contributed by atoms with Crippen LogP contribution >= 0.6 is 11.3 Å². The number of thiazole rings is 1. The maximum Gasteiger partial charge on any atom is 0.266 e. The molecule has 0 N–H and O–H groups in total. The van der Waals surface area contributed by atoms with Crippen molar-refractivity contribution < 1.29 is 9.53 Å². The Morgan fingerprint density at radius 2 is 2.08 bits per heavy atom. The van der Waals surface area contributed by atoms with E-state index in [4.69, 9.17) is 4.74 Å². The van der Waals surface area contributed by atoms with Gasteiger partial charge in [-0.2, -0.15) is 0 Å². The lowest BCUT2D eigenvalue weighted by molar-refractivity contribution is 0.0710. The first-order valence-corrected chi connectivity index (χ1v) is 9.45. The number of aromatic nitrogens is 1. The van der Waals surface area contributed by atoms with Gasteiger partial charge >= 0.3 is 0 Å². The highest BCUT2D eigenvalue weighted by atomic mass is 32.1. The standard InChI is InChI=1S/C19H22N2O2S/c1-13-17(24-18(20-13)15-5-3-2-4-6-15)19(22)21(16-7-8-16)11-14-9-10-23-12-14/h2-6,14,16H,7-12H2,1H3/t14-/m0/s1. The van der Waals surface area contributed by atoms with Crippen molar-refractivity contribution >= 4 is 17.2 Å². The van der Waals surface area contributed by atoms with Crippen LogP contribution in [0.5, 0.6) is 0 Å². The summed E-state index contributed by atoms with van der Waals surface area (Å²) in [6.07, 6.45) is 3.32. The highest BCUT2D eigenvalue weighted by Gasteiger charge is 2.36. The number of carbonyl (C=O) groups excluding carboxylic acids is 1. The Bertz CT molecular complexity index is 718. The Morgan fingerprint density at radius 1 is 1.29 bits per heavy atom. The van der Waals surface area contributed by atoms with E-state index < -0.39 is 0 Å². The van der Waals surface area contributed by atoms with Gasteiger partial charge in [0.1, 0.15) is 9.88 Å². The van der Waals surface area contributed by atoms with Crippen molar-refractivity contribution in [2.24, 2.45) is 5.92 Å². The van der Waals surface area contributed by atoms with Gasteiger partial charge in [0.2, 0.25) is 0 Å². The predicted octanol–water partition coefficient (Wildman–Crippen LogP) is 3.76. The van der Waals surface area contributed by atoms with Crippen molar-refractivity contribution in [2.75, 3.05) is 19.8 Å². The molecule has 1 saturated heterocycles. The molecule has 1 aliphatic heterocycles. The van der Waals surface area contributed by atoms with E-state index >= 15 is 0 Å². The van der Waals surface area contributed by atoms with Gasteiger partial charge in [-0.25, -0.2) is 4.98 Å². The first-order chi connectivity index (χ1) is 11.7. The Kier molecular flexibility index (Phi) is 4.37. The van der Waals surface area contributed by atoms with E-state index in [1.165, 1.54) is 11.3 Å². The van der Waals surface area contributed by atoms with Crippen LogP contribution < -0.4 is 0 Å². The summed E-state index contributed by atoms with van der Waals surface area (Å²) in [4.78, 5) is 20.6. The molecule has 126 valence electrons. The molecule has 4 rings (SSSR count). The van der Waals surface area contributed by atoms with Crippen LogP contribution in [0.3, 0.4) is 0 Å². The Morgan fingerprint density at radius 3 is 2.75 bits per heavy atom. The van der Waals surface area contributed by atoms with E-state index in [0.29, 0.717) is 12.0 Å². The number of carbonyl (C=O) groups is 1. The lowest BCUT2D eigenvalue weighted by Gasteiger charge is -2.24. The molecule has 0 bridgehead atoms. The topological polar surface area (TPSA) is 42.4 Å². The molecule has 0 unspecified atom stereocenters. The van der Waals surface area contributed by atoms with Crippen molar-refractivity contribution in [3.63, 3.8) is 0 Å². The number of nitrogens with zero attached hydrogens (tertiary/aromatic N) is 2. The largest absolute Gasteiger partial charge is 0.381 e. The summed E-state index contributed by atoms with van der Waals surface area (Å²) in [6.45, 7) is 4.38. The molecule has 2 aliphatic rings. The summed E-state index contributed by atoms with van der Waals surface area (Å²) in [7, 11) is 0. The third-order valence-corrected chi connectivity index (χ3v) is 5.93. The number of benzene rings is 1. The molecule has 1 atom stereocenters. The van der Waals surface area contributed by atoms with Crippen molar-refractivity contribution in [3.05, 3.63) is 40.9 Å². The lowest BCUT2D eigenvalue weighted by Crippen LogP contribution is -2.37. The summed E-state index contributed by atoms with van der Waals surface area (Å²) < 4.78 is 5.48. The summed E-state index contributed by atoms with van der Waals surface area (Å²) in [6, 6.07) is 10.5. The zero-order chi connectivity index (χ0) is 16.5. The molecule has 2 heterocycles. The van der Waals surface area contributed by atoms with Crippen LogP contribution in [0.4, 0.5) is 0 Å². The number of amides is 1. The minimum atomic E-state index is 0.154. The number of hydrogen-bond acceptors (Lipinski definition) is 4. The fraction of sp³-hybridized carbons (Fsp3) is 0.474. The Labute approximate surface area is 146 Å². The first-order valence-electron chi connectivity index (χ1n) is 8.64. The number of rotatable bonds is 5. The minimum Gasteiger partial charge on any atom is -0.381 e. The maximum absolute atomic E-state index is 13.1. The third kappa shape index (κ3) is 3.23. The van der Waals surface area contributed by atoms with Crippen molar-refractivity contribution in [2.45, 2.75) is 32.2 Å². The van der Waals surface area contributed by atoms with Crippen LogP contribution in [0.1, 0.15) is 34.6 Å². The molecule has 0 spiro atoms. The fourth-order valence-corrected chi connectivity index (χ4v) is 4.25. The lowest BCUT2D eigenvalue weighted by atomic mass is 10.1. The van der Waals surface area contributed by atoms with Crippen LogP contribution in [0, 0.1) is 12.8 Å². The molecule has 2 aromatic rings. The molecule has 0 radical (unpaired) electrons. The summed E-state index contributed by atoms with van der Waals surface area (Å²) in [5.41, 5.74) is 1.92. The van der Waals surface area contributed by atoms with Gasteiger partial charge in [-0.1, -0.05) is 30.3 Å². The summed E-state index contributed by atoms with van der Waals surface area (Å²) in [5.74, 6) is 0.637. The molecule has 1 aromatic heterocycles. The highest BCUT2D eigenvalue weighted by Crippen LogP contribution is 2.34. The van der Waals surface area contributed by atoms with E-state index in [9.17, 15) is 4.79 Å². The zero-order valence-corrected chi connectivity index (χ0v) is 14.7. The fourth-order valence-electron chi connectivity index (χ4n) is 3.22. The average molecular weight is 342 g/mol. The second kappa shape index (κ2) is 6.65. The summed E-state index contributed by atoms with van der Waals surface area (Å²) >= 11 is 1.52. The second-order valence-corrected chi connectivity index (χ2v) is 7.72. The van der Waals surface area contributed by atoms with Crippen LogP contribution in [0.2, 0.25) is 0 Å². The predicted molar refractivity (Wildman–Crippen MR) is 95.3 cm³/mol. The van der Waals surface area contributed by atoms with Crippen molar-refractivity contribution in [1.29, 1.82) is 0 Å². The SMILES string of the molecule is Cc1nc(-c2ccccc2)sc1C(=O)N(C[C@@H]1CCOC1)C1CC1.